The minimum Gasteiger partial charge on any atom is -0.260 e. The van der Waals surface area contributed by atoms with Crippen LogP contribution in [-0.4, -0.2) is 11.5 Å². The Labute approximate surface area is 139 Å². The van der Waals surface area contributed by atoms with Gasteiger partial charge < -0.3 is 0 Å². The standard InChI is InChI=1S/C19H15N3S/c1-13-8-10-14(11-9-13)18-15-5-2-3-6-16(15)20-19(22-21-18)17-7-4-12-23-17/h2-12H,1H3,(H,20,22). The molecule has 4 rings (SSSR count). The third-order valence-electron chi connectivity index (χ3n) is 3.74. The van der Waals surface area contributed by atoms with Gasteiger partial charge in [-0.2, -0.15) is 5.10 Å². The first-order valence-electron chi connectivity index (χ1n) is 7.44. The molecule has 3 nitrogen and oxygen atoms in total. The quantitative estimate of drug-likeness (QED) is 0.743. The van der Waals surface area contributed by atoms with Gasteiger partial charge >= 0.3 is 0 Å². The van der Waals surface area contributed by atoms with Crippen molar-refractivity contribution in [1.29, 1.82) is 0 Å². The maximum Gasteiger partial charge on any atom is 0.164 e. The maximum atomic E-state index is 4.78. The molecule has 0 saturated heterocycles. The summed E-state index contributed by atoms with van der Waals surface area (Å²) in [5, 5.41) is 6.69. The number of nitrogens with one attached hydrogen (secondary N) is 1. The molecule has 0 amide bonds. The molecule has 0 radical (unpaired) electrons. The number of aliphatic imine (C=N–C) groups is 1. The highest BCUT2D eigenvalue weighted by Gasteiger charge is 2.16. The van der Waals surface area contributed by atoms with Gasteiger partial charge in [0.1, 0.15) is 0 Å². The number of hydrogen-bond acceptors (Lipinski definition) is 4. The van der Waals surface area contributed by atoms with Crippen molar-refractivity contribution < 1.29 is 0 Å². The Bertz CT molecular complexity index is 891. The zero-order valence-corrected chi connectivity index (χ0v) is 13.5. The van der Waals surface area contributed by atoms with E-state index in [0.29, 0.717) is 0 Å². The van der Waals surface area contributed by atoms with Gasteiger partial charge in [0.2, 0.25) is 0 Å². The van der Waals surface area contributed by atoms with Gasteiger partial charge in [0.25, 0.3) is 0 Å². The zero-order chi connectivity index (χ0) is 15.6. The van der Waals surface area contributed by atoms with Crippen LogP contribution in [0, 0.1) is 6.92 Å². The van der Waals surface area contributed by atoms with Crippen molar-refractivity contribution in [2.45, 2.75) is 6.92 Å². The van der Waals surface area contributed by atoms with E-state index in [4.69, 9.17) is 4.99 Å². The second-order valence-corrected chi connectivity index (χ2v) is 6.34. The fourth-order valence-corrected chi connectivity index (χ4v) is 3.20. The van der Waals surface area contributed by atoms with Gasteiger partial charge in [-0.15, -0.1) is 11.3 Å². The van der Waals surface area contributed by atoms with Crippen LogP contribution in [0.4, 0.5) is 5.69 Å². The van der Waals surface area contributed by atoms with E-state index in [2.05, 4.69) is 47.8 Å². The fraction of sp³-hybridized carbons (Fsp3) is 0.0526. The van der Waals surface area contributed by atoms with Crippen LogP contribution in [0.15, 0.2) is 76.1 Å². The summed E-state index contributed by atoms with van der Waals surface area (Å²) in [4.78, 5) is 5.85. The molecule has 1 aromatic heterocycles. The minimum atomic E-state index is 0.787. The van der Waals surface area contributed by atoms with Crippen molar-refractivity contribution in [3.63, 3.8) is 0 Å². The molecule has 1 aliphatic rings. The van der Waals surface area contributed by atoms with E-state index in [0.717, 1.165) is 33.2 Å². The van der Waals surface area contributed by atoms with Crippen molar-refractivity contribution >= 4 is 28.6 Å². The van der Waals surface area contributed by atoms with Crippen LogP contribution in [-0.2, 0) is 0 Å². The Kier molecular flexibility index (Phi) is 3.52. The Morgan fingerprint density at radius 1 is 0.913 bits per heavy atom. The van der Waals surface area contributed by atoms with E-state index in [9.17, 15) is 0 Å². The van der Waals surface area contributed by atoms with E-state index in [1.54, 1.807) is 11.3 Å². The molecule has 4 heteroatoms. The summed E-state index contributed by atoms with van der Waals surface area (Å²) in [5.41, 5.74) is 8.34. The highest BCUT2D eigenvalue weighted by Crippen LogP contribution is 2.26. The third kappa shape index (κ3) is 2.69. The van der Waals surface area contributed by atoms with Crippen LogP contribution >= 0.6 is 11.3 Å². The van der Waals surface area contributed by atoms with Crippen molar-refractivity contribution in [2.24, 2.45) is 10.1 Å². The molecule has 0 bridgehead atoms. The number of nitrogens with zero attached hydrogens (tertiary/aromatic N) is 2. The van der Waals surface area contributed by atoms with E-state index in [1.165, 1.54) is 5.56 Å². The first kappa shape index (κ1) is 13.9. The lowest BCUT2D eigenvalue weighted by molar-refractivity contribution is 1.03. The minimum absolute atomic E-state index is 0.787. The van der Waals surface area contributed by atoms with Gasteiger partial charge in [0.05, 0.1) is 16.3 Å². The van der Waals surface area contributed by atoms with Gasteiger partial charge in [-0.3, -0.25) is 5.43 Å². The molecule has 23 heavy (non-hydrogen) atoms. The molecule has 2 aromatic carbocycles. The predicted molar refractivity (Wildman–Crippen MR) is 96.9 cm³/mol. The van der Waals surface area contributed by atoms with Gasteiger partial charge in [-0.1, -0.05) is 54.1 Å². The molecular formula is C19H15N3S. The second kappa shape index (κ2) is 5.82. The number of aryl methyl sites for hydroxylation is 1. The number of benzene rings is 2. The van der Waals surface area contributed by atoms with Gasteiger partial charge in [-0.25, -0.2) is 4.99 Å². The van der Waals surface area contributed by atoms with Crippen LogP contribution in [0.1, 0.15) is 21.6 Å². The average molecular weight is 317 g/mol. The van der Waals surface area contributed by atoms with Gasteiger partial charge in [-0.05, 0) is 24.4 Å². The van der Waals surface area contributed by atoms with Crippen LogP contribution < -0.4 is 5.43 Å². The molecule has 3 aromatic rings. The Morgan fingerprint density at radius 2 is 1.74 bits per heavy atom. The smallest absolute Gasteiger partial charge is 0.164 e. The Balaban J connectivity index is 1.85. The molecule has 0 spiro atoms. The fourth-order valence-electron chi connectivity index (χ4n) is 2.54. The highest BCUT2D eigenvalue weighted by atomic mass is 32.1. The van der Waals surface area contributed by atoms with Crippen LogP contribution in [0.5, 0.6) is 0 Å². The van der Waals surface area contributed by atoms with E-state index >= 15 is 0 Å². The lowest BCUT2D eigenvalue weighted by atomic mass is 10.00. The SMILES string of the molecule is Cc1ccc(C2=NNC(c3cccs3)=Nc3ccccc32)cc1. The molecule has 1 aliphatic heterocycles. The van der Waals surface area contributed by atoms with E-state index < -0.39 is 0 Å². The number of hydrazone groups is 1. The number of fused-ring (bicyclic) bond motifs is 1. The van der Waals surface area contributed by atoms with Gasteiger partial charge in [0, 0.05) is 11.1 Å². The molecular weight excluding hydrogens is 302 g/mol. The highest BCUT2D eigenvalue weighted by molar-refractivity contribution is 7.12. The lowest BCUT2D eigenvalue weighted by Gasteiger charge is -2.07. The number of rotatable bonds is 2. The summed E-state index contributed by atoms with van der Waals surface area (Å²) in [6.07, 6.45) is 0. The predicted octanol–water partition coefficient (Wildman–Crippen LogP) is 4.49. The molecule has 0 atom stereocenters. The summed E-state index contributed by atoms with van der Waals surface area (Å²) >= 11 is 1.65. The molecule has 0 unspecified atom stereocenters. The Hall–Kier alpha value is -2.72. The summed E-state index contributed by atoms with van der Waals surface area (Å²) in [6.45, 7) is 2.09. The molecule has 1 N–H and O–H groups in total. The summed E-state index contributed by atoms with van der Waals surface area (Å²) in [7, 11) is 0. The molecule has 2 heterocycles. The van der Waals surface area contributed by atoms with Crippen molar-refractivity contribution in [1.82, 2.24) is 5.43 Å². The van der Waals surface area contributed by atoms with Gasteiger partial charge in [0.15, 0.2) is 5.84 Å². The third-order valence-corrected chi connectivity index (χ3v) is 4.62. The molecule has 0 fully saturated rings. The summed E-state index contributed by atoms with van der Waals surface area (Å²) < 4.78 is 0. The number of amidine groups is 1. The zero-order valence-electron chi connectivity index (χ0n) is 12.7. The maximum absolute atomic E-state index is 4.78. The summed E-state index contributed by atoms with van der Waals surface area (Å²) in [6, 6.07) is 20.6. The number of thiophene rings is 1. The van der Waals surface area contributed by atoms with Crippen molar-refractivity contribution in [2.75, 3.05) is 0 Å². The average Bonchev–Trinajstić information content (AvgIpc) is 3.04. The van der Waals surface area contributed by atoms with E-state index in [1.807, 2.05) is 35.7 Å². The van der Waals surface area contributed by atoms with Crippen molar-refractivity contribution in [3.05, 3.63) is 87.6 Å². The first-order chi connectivity index (χ1) is 11.3. The summed E-state index contributed by atoms with van der Waals surface area (Å²) in [5.74, 6) is 0.787. The molecule has 0 aliphatic carbocycles. The van der Waals surface area contributed by atoms with E-state index in [-0.39, 0.29) is 0 Å². The molecule has 0 saturated carbocycles. The largest absolute Gasteiger partial charge is 0.260 e. The van der Waals surface area contributed by atoms with Crippen LogP contribution in [0.3, 0.4) is 0 Å². The molecule has 112 valence electrons. The number of para-hydroxylation sites is 1. The second-order valence-electron chi connectivity index (χ2n) is 5.39. The Morgan fingerprint density at radius 3 is 2.52 bits per heavy atom. The van der Waals surface area contributed by atoms with Crippen molar-refractivity contribution in [3.8, 4) is 0 Å². The normalized spacial score (nSPS) is 13.4. The monoisotopic (exact) mass is 317 g/mol. The van der Waals surface area contributed by atoms with Crippen LogP contribution in [0.25, 0.3) is 0 Å². The first-order valence-corrected chi connectivity index (χ1v) is 8.32. The topological polar surface area (TPSA) is 36.8 Å². The number of hydrogen-bond donors (Lipinski definition) is 1. The van der Waals surface area contributed by atoms with Crippen LogP contribution in [0.2, 0.25) is 0 Å². The lowest BCUT2D eigenvalue weighted by Crippen LogP contribution is -2.18.